The average Bonchev–Trinajstić information content (AvgIpc) is 3.08. The monoisotopic (exact) mass is 373 g/mol. The number of nitrogens with one attached hydrogen (secondary N) is 3. The van der Waals surface area contributed by atoms with Crippen molar-refractivity contribution >= 4 is 22.8 Å². The minimum absolute atomic E-state index is 0.0356. The number of para-hydroxylation sites is 1. The molecule has 0 atom stereocenters. The Hall–Kier alpha value is -2.54. The van der Waals surface area contributed by atoms with Crippen LogP contribution in [0.5, 0.6) is 0 Å². The van der Waals surface area contributed by atoms with Crippen molar-refractivity contribution in [1.82, 2.24) is 20.5 Å². The van der Waals surface area contributed by atoms with Crippen LogP contribution in [0.15, 0.2) is 29.4 Å². The number of likely N-dealkylation sites (N-methyl/N-ethyl adjacent to an activating group) is 1. The van der Waals surface area contributed by atoms with Crippen molar-refractivity contribution in [1.29, 1.82) is 0 Å². The van der Waals surface area contributed by atoms with Crippen LogP contribution < -0.4 is 10.6 Å². The Balaban J connectivity index is 1.97. The van der Waals surface area contributed by atoms with E-state index < -0.39 is 0 Å². The molecule has 2 rings (SSSR count). The maximum Gasteiger partial charge on any atom is 0.243 e. The van der Waals surface area contributed by atoms with Gasteiger partial charge in [-0.3, -0.25) is 4.79 Å². The number of carbonyl (C=O) groups is 1. The molecule has 0 spiro atoms. The Labute approximate surface area is 161 Å². The van der Waals surface area contributed by atoms with Crippen LogP contribution in [-0.2, 0) is 22.4 Å². The van der Waals surface area contributed by atoms with Crippen molar-refractivity contribution in [3.05, 3.63) is 35.5 Å². The molecule has 0 aliphatic carbocycles. The minimum Gasteiger partial charge on any atom is -0.383 e. The Kier molecular flexibility index (Phi) is 8.13. The molecule has 1 aromatic heterocycles. The van der Waals surface area contributed by atoms with E-state index in [1.807, 2.05) is 0 Å². The molecular formula is C20H31N5O2. The summed E-state index contributed by atoms with van der Waals surface area (Å²) in [5.74, 6) is 0.586. The van der Waals surface area contributed by atoms with Gasteiger partial charge in [-0.15, -0.1) is 0 Å². The summed E-state index contributed by atoms with van der Waals surface area (Å²) < 4.78 is 5.06. The number of H-pyrrole nitrogens is 1. The zero-order chi connectivity index (χ0) is 19.6. The van der Waals surface area contributed by atoms with Crippen LogP contribution in [-0.4, -0.2) is 69.2 Å². The molecule has 3 N–H and O–H groups in total. The fraction of sp³-hybridized carbons (Fsp3) is 0.500. The number of benzene rings is 1. The number of hydrogen-bond donors (Lipinski definition) is 3. The molecule has 148 valence electrons. The van der Waals surface area contributed by atoms with Crippen LogP contribution in [0.4, 0.5) is 0 Å². The standard InChI is InChI=1S/C20H31N5O2/c1-5-15-7-6-8-17-16(13-23-19(15)17)9-10-21-20(22-11-12-27-4)24-14-18(26)25(2)3/h6-8,13,23H,5,9-12,14H2,1-4H3,(H2,21,22,24). The highest BCUT2D eigenvalue weighted by Crippen LogP contribution is 2.22. The van der Waals surface area contributed by atoms with Gasteiger partial charge in [-0.25, -0.2) is 4.99 Å². The number of nitrogens with zero attached hydrogens (tertiary/aromatic N) is 2. The quantitative estimate of drug-likeness (QED) is 0.354. The van der Waals surface area contributed by atoms with Gasteiger partial charge < -0.3 is 25.3 Å². The van der Waals surface area contributed by atoms with E-state index in [9.17, 15) is 4.79 Å². The molecule has 0 saturated heterocycles. The summed E-state index contributed by atoms with van der Waals surface area (Å²) in [4.78, 5) is 21.1. The maximum absolute atomic E-state index is 11.8. The second kappa shape index (κ2) is 10.6. The van der Waals surface area contributed by atoms with Crippen molar-refractivity contribution < 1.29 is 9.53 Å². The summed E-state index contributed by atoms with van der Waals surface area (Å²) >= 11 is 0. The molecule has 7 heteroatoms. The number of aliphatic imine (C=N–C) groups is 1. The molecule has 0 aliphatic heterocycles. The lowest BCUT2D eigenvalue weighted by atomic mass is 10.1. The van der Waals surface area contributed by atoms with E-state index in [1.165, 1.54) is 26.9 Å². The molecule has 0 saturated carbocycles. The number of aryl methyl sites for hydroxylation is 1. The highest BCUT2D eigenvalue weighted by Gasteiger charge is 2.08. The van der Waals surface area contributed by atoms with Gasteiger partial charge in [0.1, 0.15) is 6.54 Å². The molecule has 7 nitrogen and oxygen atoms in total. The van der Waals surface area contributed by atoms with Crippen LogP contribution >= 0.6 is 0 Å². The molecule has 0 bridgehead atoms. The van der Waals surface area contributed by atoms with Crippen LogP contribution in [0.1, 0.15) is 18.1 Å². The molecule has 0 unspecified atom stereocenters. The third-order valence-electron chi connectivity index (χ3n) is 4.42. The van der Waals surface area contributed by atoms with Gasteiger partial charge in [0.15, 0.2) is 5.96 Å². The number of fused-ring (bicyclic) bond motifs is 1. The zero-order valence-corrected chi connectivity index (χ0v) is 16.8. The van der Waals surface area contributed by atoms with Crippen molar-refractivity contribution in [2.45, 2.75) is 19.8 Å². The Bertz CT molecular complexity index is 767. The summed E-state index contributed by atoms with van der Waals surface area (Å²) in [5, 5.41) is 7.76. The number of ether oxygens (including phenoxy) is 1. The van der Waals surface area contributed by atoms with Gasteiger partial charge in [-0.05, 0) is 24.0 Å². The van der Waals surface area contributed by atoms with Crippen LogP contribution in [0.3, 0.4) is 0 Å². The van der Waals surface area contributed by atoms with Crippen molar-refractivity contribution in [3.8, 4) is 0 Å². The Morgan fingerprint density at radius 2 is 2.00 bits per heavy atom. The van der Waals surface area contributed by atoms with E-state index in [0.29, 0.717) is 19.1 Å². The summed E-state index contributed by atoms with van der Waals surface area (Å²) in [6, 6.07) is 6.42. The summed E-state index contributed by atoms with van der Waals surface area (Å²) in [6.07, 6.45) is 3.95. The van der Waals surface area contributed by atoms with Gasteiger partial charge in [0, 0.05) is 51.4 Å². The van der Waals surface area contributed by atoms with Gasteiger partial charge >= 0.3 is 0 Å². The number of aromatic nitrogens is 1. The van der Waals surface area contributed by atoms with Gasteiger partial charge in [0.2, 0.25) is 5.91 Å². The van der Waals surface area contributed by atoms with E-state index in [4.69, 9.17) is 4.74 Å². The number of amides is 1. The fourth-order valence-corrected chi connectivity index (χ4v) is 2.83. The Morgan fingerprint density at radius 1 is 1.22 bits per heavy atom. The summed E-state index contributed by atoms with van der Waals surface area (Å²) in [6.45, 7) is 4.21. The van der Waals surface area contributed by atoms with Crippen LogP contribution in [0, 0.1) is 0 Å². The highest BCUT2D eigenvalue weighted by atomic mass is 16.5. The first-order valence-electron chi connectivity index (χ1n) is 9.36. The first-order chi connectivity index (χ1) is 13.1. The number of rotatable bonds is 9. The third kappa shape index (κ3) is 5.99. The van der Waals surface area contributed by atoms with Crippen molar-refractivity contribution in [3.63, 3.8) is 0 Å². The molecule has 1 aromatic carbocycles. The van der Waals surface area contributed by atoms with E-state index in [-0.39, 0.29) is 12.5 Å². The molecule has 0 fully saturated rings. The summed E-state index contributed by atoms with van der Waals surface area (Å²) in [7, 11) is 5.11. The highest BCUT2D eigenvalue weighted by molar-refractivity contribution is 5.86. The third-order valence-corrected chi connectivity index (χ3v) is 4.42. The molecule has 0 aliphatic rings. The van der Waals surface area contributed by atoms with Gasteiger partial charge in [-0.1, -0.05) is 25.1 Å². The largest absolute Gasteiger partial charge is 0.383 e. The fourth-order valence-electron chi connectivity index (χ4n) is 2.83. The van der Waals surface area contributed by atoms with Crippen molar-refractivity contribution in [2.75, 3.05) is 47.4 Å². The number of hydrogen-bond acceptors (Lipinski definition) is 3. The second-order valence-electron chi connectivity index (χ2n) is 6.56. The second-order valence-corrected chi connectivity index (χ2v) is 6.56. The number of guanidine groups is 1. The van der Waals surface area contributed by atoms with E-state index >= 15 is 0 Å². The molecule has 0 radical (unpaired) electrons. The van der Waals surface area contributed by atoms with Crippen LogP contribution in [0.2, 0.25) is 0 Å². The maximum atomic E-state index is 11.8. The van der Waals surface area contributed by atoms with E-state index in [0.717, 1.165) is 19.4 Å². The molecular weight excluding hydrogens is 342 g/mol. The molecule has 1 amide bonds. The Morgan fingerprint density at radius 3 is 2.70 bits per heavy atom. The summed E-state index contributed by atoms with van der Waals surface area (Å²) in [5.41, 5.74) is 3.82. The lowest BCUT2D eigenvalue weighted by Gasteiger charge is -2.13. The first kappa shape index (κ1) is 20.8. The topological polar surface area (TPSA) is 81.8 Å². The predicted octanol–water partition coefficient (Wildman–Crippen LogP) is 1.54. The zero-order valence-electron chi connectivity index (χ0n) is 16.8. The smallest absolute Gasteiger partial charge is 0.243 e. The number of carbonyl (C=O) groups excluding carboxylic acids is 1. The first-order valence-corrected chi connectivity index (χ1v) is 9.36. The normalized spacial score (nSPS) is 11.6. The lowest BCUT2D eigenvalue weighted by molar-refractivity contribution is -0.127. The molecule has 2 aromatic rings. The van der Waals surface area contributed by atoms with Crippen molar-refractivity contribution in [2.24, 2.45) is 4.99 Å². The van der Waals surface area contributed by atoms with Crippen LogP contribution in [0.25, 0.3) is 10.9 Å². The predicted molar refractivity (Wildman–Crippen MR) is 110 cm³/mol. The molecule has 27 heavy (non-hydrogen) atoms. The SMILES string of the molecule is CCc1cccc2c(CCNC(=NCC(=O)N(C)C)NCCOC)c[nH]c12. The number of aromatic amines is 1. The molecule has 1 heterocycles. The lowest BCUT2D eigenvalue weighted by Crippen LogP contribution is -2.40. The minimum atomic E-state index is -0.0356. The van der Waals surface area contributed by atoms with Gasteiger partial charge in [0.25, 0.3) is 0 Å². The van der Waals surface area contributed by atoms with E-state index in [1.54, 1.807) is 21.2 Å². The number of methoxy groups -OCH3 is 1. The average molecular weight is 374 g/mol. The van der Waals surface area contributed by atoms with E-state index in [2.05, 4.69) is 51.9 Å². The van der Waals surface area contributed by atoms with Gasteiger partial charge in [-0.2, -0.15) is 0 Å². The van der Waals surface area contributed by atoms with Gasteiger partial charge in [0.05, 0.1) is 6.61 Å².